The molecular formula is C23H33N3O2. The summed E-state index contributed by atoms with van der Waals surface area (Å²) in [5.74, 6) is 0.0223. The molecule has 1 fully saturated rings. The van der Waals surface area contributed by atoms with Gasteiger partial charge in [0, 0.05) is 36.6 Å². The lowest BCUT2D eigenvalue weighted by molar-refractivity contribution is -0.121. The fourth-order valence-electron chi connectivity index (χ4n) is 4.21. The van der Waals surface area contributed by atoms with Crippen LogP contribution in [0.3, 0.4) is 0 Å². The van der Waals surface area contributed by atoms with Crippen LogP contribution in [-0.2, 0) is 11.2 Å². The molecular weight excluding hydrogens is 350 g/mol. The Balaban J connectivity index is 1.43. The quantitative estimate of drug-likeness (QED) is 0.685. The van der Waals surface area contributed by atoms with Crippen molar-refractivity contribution in [3.63, 3.8) is 0 Å². The summed E-state index contributed by atoms with van der Waals surface area (Å²) in [5, 5.41) is 4.02. The SMILES string of the molecule is CCC1CCCCN1CCCNC(=O)CCc1cc2ccc(C)cc2[nH]c1=O. The van der Waals surface area contributed by atoms with Gasteiger partial charge in [-0.15, -0.1) is 0 Å². The van der Waals surface area contributed by atoms with Crippen molar-refractivity contribution < 1.29 is 4.79 Å². The Morgan fingerprint density at radius 2 is 2.14 bits per heavy atom. The number of hydrogen-bond donors (Lipinski definition) is 2. The Morgan fingerprint density at radius 1 is 1.29 bits per heavy atom. The number of benzene rings is 1. The number of amides is 1. The lowest BCUT2D eigenvalue weighted by atomic mass is 10.00. The van der Waals surface area contributed by atoms with Crippen LogP contribution in [-0.4, -0.2) is 41.5 Å². The van der Waals surface area contributed by atoms with Gasteiger partial charge in [0.1, 0.15) is 0 Å². The van der Waals surface area contributed by atoms with Gasteiger partial charge in [0.15, 0.2) is 0 Å². The second-order valence-electron chi connectivity index (χ2n) is 8.01. The van der Waals surface area contributed by atoms with Crippen molar-refractivity contribution in [2.45, 2.75) is 64.8 Å². The number of piperidine rings is 1. The summed E-state index contributed by atoms with van der Waals surface area (Å²) in [6.07, 6.45) is 6.96. The molecule has 1 aromatic carbocycles. The van der Waals surface area contributed by atoms with Gasteiger partial charge in [0.05, 0.1) is 0 Å². The molecule has 1 unspecified atom stereocenters. The van der Waals surface area contributed by atoms with Gasteiger partial charge in [-0.1, -0.05) is 25.5 Å². The maximum absolute atomic E-state index is 12.3. The molecule has 0 saturated carbocycles. The van der Waals surface area contributed by atoms with Gasteiger partial charge in [0.2, 0.25) is 5.91 Å². The molecule has 1 aliphatic rings. The number of nitrogens with one attached hydrogen (secondary N) is 2. The lowest BCUT2D eigenvalue weighted by Gasteiger charge is -2.35. The predicted octanol–water partition coefficient (Wildman–Crippen LogP) is 3.54. The highest BCUT2D eigenvalue weighted by Gasteiger charge is 2.19. The van der Waals surface area contributed by atoms with Crippen LogP contribution in [0, 0.1) is 6.92 Å². The minimum absolute atomic E-state index is 0.0223. The monoisotopic (exact) mass is 383 g/mol. The first-order valence-corrected chi connectivity index (χ1v) is 10.7. The Morgan fingerprint density at radius 3 is 2.96 bits per heavy atom. The van der Waals surface area contributed by atoms with Gasteiger partial charge in [-0.05, 0) is 68.7 Å². The highest BCUT2D eigenvalue weighted by atomic mass is 16.1. The number of hydrogen-bond acceptors (Lipinski definition) is 3. The van der Waals surface area contributed by atoms with Crippen molar-refractivity contribution in [2.24, 2.45) is 0 Å². The van der Waals surface area contributed by atoms with E-state index in [1.807, 2.05) is 31.2 Å². The molecule has 5 nitrogen and oxygen atoms in total. The first kappa shape index (κ1) is 20.6. The summed E-state index contributed by atoms with van der Waals surface area (Å²) in [6.45, 7) is 7.22. The zero-order valence-electron chi connectivity index (χ0n) is 17.2. The Hall–Kier alpha value is -2.14. The number of nitrogens with zero attached hydrogens (tertiary/aromatic N) is 1. The normalized spacial score (nSPS) is 17.7. The van der Waals surface area contributed by atoms with E-state index in [4.69, 9.17) is 0 Å². The molecule has 0 spiro atoms. The number of carbonyl (C=O) groups is 1. The fourth-order valence-corrected chi connectivity index (χ4v) is 4.21. The zero-order valence-corrected chi connectivity index (χ0v) is 17.2. The summed E-state index contributed by atoms with van der Waals surface area (Å²) >= 11 is 0. The third-order valence-corrected chi connectivity index (χ3v) is 5.86. The number of likely N-dealkylation sites (tertiary alicyclic amines) is 1. The maximum Gasteiger partial charge on any atom is 0.251 e. The number of rotatable bonds is 8. The Kier molecular flexibility index (Phi) is 7.26. The molecule has 5 heteroatoms. The third kappa shape index (κ3) is 5.44. The van der Waals surface area contributed by atoms with Gasteiger partial charge in [-0.2, -0.15) is 0 Å². The Bertz CT molecular complexity index is 859. The average Bonchev–Trinajstić information content (AvgIpc) is 2.70. The van der Waals surface area contributed by atoms with Crippen LogP contribution in [0.5, 0.6) is 0 Å². The number of aryl methyl sites for hydroxylation is 2. The second-order valence-corrected chi connectivity index (χ2v) is 8.01. The number of aromatic amines is 1. The molecule has 0 aliphatic carbocycles. The highest BCUT2D eigenvalue weighted by Crippen LogP contribution is 2.19. The smallest absolute Gasteiger partial charge is 0.251 e. The molecule has 2 N–H and O–H groups in total. The molecule has 1 aliphatic heterocycles. The van der Waals surface area contributed by atoms with Gasteiger partial charge in [-0.3, -0.25) is 9.59 Å². The van der Waals surface area contributed by atoms with E-state index in [-0.39, 0.29) is 11.5 Å². The van der Waals surface area contributed by atoms with Crippen molar-refractivity contribution in [2.75, 3.05) is 19.6 Å². The van der Waals surface area contributed by atoms with Crippen molar-refractivity contribution in [3.05, 3.63) is 45.7 Å². The number of carbonyl (C=O) groups excluding carboxylic acids is 1. The summed E-state index contributed by atoms with van der Waals surface area (Å²) in [4.78, 5) is 29.9. The molecule has 2 heterocycles. The molecule has 3 rings (SSSR count). The topological polar surface area (TPSA) is 65.2 Å². The van der Waals surface area contributed by atoms with Crippen LogP contribution in [0.1, 0.15) is 56.6 Å². The van der Waals surface area contributed by atoms with Gasteiger partial charge < -0.3 is 15.2 Å². The van der Waals surface area contributed by atoms with E-state index in [2.05, 4.69) is 22.1 Å². The van der Waals surface area contributed by atoms with E-state index < -0.39 is 0 Å². The van der Waals surface area contributed by atoms with Crippen LogP contribution >= 0.6 is 0 Å². The Labute approximate surface area is 167 Å². The molecule has 1 atom stereocenters. The van der Waals surface area contributed by atoms with Crippen LogP contribution in [0.4, 0.5) is 0 Å². The predicted molar refractivity (Wildman–Crippen MR) is 115 cm³/mol. The molecule has 1 saturated heterocycles. The van der Waals surface area contributed by atoms with E-state index >= 15 is 0 Å². The number of aromatic nitrogens is 1. The lowest BCUT2D eigenvalue weighted by Crippen LogP contribution is -2.40. The van der Waals surface area contributed by atoms with Crippen LogP contribution in [0.15, 0.2) is 29.1 Å². The van der Waals surface area contributed by atoms with Crippen LogP contribution in [0.2, 0.25) is 0 Å². The molecule has 1 aromatic heterocycles. The minimum Gasteiger partial charge on any atom is -0.356 e. The number of pyridine rings is 1. The fraction of sp³-hybridized carbons (Fsp3) is 0.565. The van der Waals surface area contributed by atoms with E-state index in [1.165, 1.54) is 32.2 Å². The van der Waals surface area contributed by atoms with Crippen LogP contribution < -0.4 is 10.9 Å². The summed E-state index contributed by atoms with van der Waals surface area (Å²) in [5.41, 5.74) is 2.54. The van der Waals surface area contributed by atoms with Gasteiger partial charge in [-0.25, -0.2) is 0 Å². The minimum atomic E-state index is -0.0957. The summed E-state index contributed by atoms with van der Waals surface area (Å²) in [7, 11) is 0. The van der Waals surface area contributed by atoms with Gasteiger partial charge in [0.25, 0.3) is 5.56 Å². The zero-order chi connectivity index (χ0) is 19.9. The molecule has 1 amide bonds. The van der Waals surface area contributed by atoms with Crippen LogP contribution in [0.25, 0.3) is 10.9 Å². The largest absolute Gasteiger partial charge is 0.356 e. The average molecular weight is 384 g/mol. The number of H-pyrrole nitrogens is 1. The second kappa shape index (κ2) is 9.87. The molecule has 152 valence electrons. The van der Waals surface area contributed by atoms with Crippen molar-refractivity contribution in [1.82, 2.24) is 15.2 Å². The number of fused-ring (bicyclic) bond motifs is 1. The first-order valence-electron chi connectivity index (χ1n) is 10.7. The van der Waals surface area contributed by atoms with Gasteiger partial charge >= 0.3 is 0 Å². The maximum atomic E-state index is 12.3. The molecule has 2 aromatic rings. The summed E-state index contributed by atoms with van der Waals surface area (Å²) < 4.78 is 0. The van der Waals surface area contributed by atoms with Crippen molar-refractivity contribution in [1.29, 1.82) is 0 Å². The molecule has 0 radical (unpaired) electrons. The van der Waals surface area contributed by atoms with E-state index in [9.17, 15) is 9.59 Å². The summed E-state index contributed by atoms with van der Waals surface area (Å²) in [6, 6.07) is 8.63. The first-order chi connectivity index (χ1) is 13.6. The molecule has 28 heavy (non-hydrogen) atoms. The highest BCUT2D eigenvalue weighted by molar-refractivity contribution is 5.80. The van der Waals surface area contributed by atoms with E-state index in [1.54, 1.807) is 0 Å². The van der Waals surface area contributed by atoms with E-state index in [0.717, 1.165) is 29.4 Å². The standard InChI is InChI=1S/C23H33N3O2/c1-3-20-7-4-5-13-26(20)14-6-12-24-22(27)11-10-19-16-18-9-8-17(2)15-21(18)25-23(19)28/h8-9,15-16,20H,3-7,10-14H2,1-2H3,(H,24,27)(H,25,28). The van der Waals surface area contributed by atoms with Crippen molar-refractivity contribution >= 4 is 16.8 Å². The molecule has 0 bridgehead atoms. The third-order valence-electron chi connectivity index (χ3n) is 5.86. The van der Waals surface area contributed by atoms with E-state index in [0.29, 0.717) is 31.0 Å². The van der Waals surface area contributed by atoms with Crippen molar-refractivity contribution in [3.8, 4) is 0 Å².